The zero-order chi connectivity index (χ0) is 11.3. The second-order valence-electron chi connectivity index (χ2n) is 3.47. The maximum atomic E-state index is 11.5. The van der Waals surface area contributed by atoms with Crippen molar-refractivity contribution in [1.82, 2.24) is 10.2 Å². The number of amides is 1. The highest BCUT2D eigenvalue weighted by molar-refractivity contribution is 5.86. The van der Waals surface area contributed by atoms with Crippen molar-refractivity contribution in [2.24, 2.45) is 0 Å². The van der Waals surface area contributed by atoms with E-state index in [2.05, 4.69) is 5.32 Å². The molecule has 1 saturated heterocycles. The van der Waals surface area contributed by atoms with Crippen molar-refractivity contribution in [2.75, 3.05) is 19.6 Å². The number of nitrogens with zero attached hydrogens (tertiary/aromatic N) is 1. The molecule has 1 heterocycles. The first-order valence-electron chi connectivity index (χ1n) is 5.00. The van der Waals surface area contributed by atoms with Crippen LogP contribution in [-0.2, 0) is 9.59 Å². The van der Waals surface area contributed by atoms with E-state index in [1.54, 1.807) is 0 Å². The van der Waals surface area contributed by atoms with Crippen molar-refractivity contribution >= 4 is 11.9 Å². The van der Waals surface area contributed by atoms with E-state index in [-0.39, 0.29) is 12.3 Å². The fraction of sp³-hybridized carbons (Fsp3) is 0.600. The van der Waals surface area contributed by atoms with Gasteiger partial charge in [-0.2, -0.15) is 0 Å². The number of allylic oxidation sites excluding steroid dienone is 1. The molecule has 0 aromatic heterocycles. The summed E-state index contributed by atoms with van der Waals surface area (Å²) in [6.07, 6.45) is 3.68. The summed E-state index contributed by atoms with van der Waals surface area (Å²) >= 11 is 0. The molecule has 0 radical (unpaired) electrons. The normalized spacial score (nSPS) is 23.0. The first-order chi connectivity index (χ1) is 7.15. The number of carboxylic acids is 1. The van der Waals surface area contributed by atoms with Gasteiger partial charge in [0.15, 0.2) is 0 Å². The van der Waals surface area contributed by atoms with Gasteiger partial charge in [-0.15, -0.1) is 0 Å². The minimum absolute atomic E-state index is 0.136. The van der Waals surface area contributed by atoms with Gasteiger partial charge in [-0.05, 0) is 6.92 Å². The molecule has 1 rings (SSSR count). The second kappa shape index (κ2) is 5.50. The third kappa shape index (κ3) is 3.36. The van der Waals surface area contributed by atoms with E-state index >= 15 is 0 Å². The van der Waals surface area contributed by atoms with Crippen molar-refractivity contribution in [3.63, 3.8) is 0 Å². The Balaban J connectivity index is 2.63. The molecule has 1 aliphatic heterocycles. The second-order valence-corrected chi connectivity index (χ2v) is 3.47. The van der Waals surface area contributed by atoms with Crippen molar-refractivity contribution in [3.8, 4) is 0 Å². The van der Waals surface area contributed by atoms with Gasteiger partial charge in [0.1, 0.15) is 0 Å². The molecule has 0 bridgehead atoms. The van der Waals surface area contributed by atoms with Gasteiger partial charge in [0, 0.05) is 19.6 Å². The number of rotatable bonds is 4. The molecular formula is C10H16N2O3. The van der Waals surface area contributed by atoms with Crippen LogP contribution < -0.4 is 5.32 Å². The molecule has 1 amide bonds. The van der Waals surface area contributed by atoms with E-state index in [1.807, 2.05) is 24.0 Å². The molecule has 2 N–H and O–H groups in total. The lowest BCUT2D eigenvalue weighted by Gasteiger charge is -2.33. The van der Waals surface area contributed by atoms with Crippen LogP contribution in [-0.4, -0.2) is 47.6 Å². The van der Waals surface area contributed by atoms with Crippen LogP contribution in [0, 0.1) is 0 Å². The zero-order valence-electron chi connectivity index (χ0n) is 8.77. The molecule has 0 aliphatic carbocycles. The molecule has 0 spiro atoms. The van der Waals surface area contributed by atoms with Crippen LogP contribution in [0.4, 0.5) is 0 Å². The van der Waals surface area contributed by atoms with Gasteiger partial charge in [-0.25, -0.2) is 0 Å². The van der Waals surface area contributed by atoms with Crippen molar-refractivity contribution in [1.29, 1.82) is 0 Å². The molecule has 1 unspecified atom stereocenters. The lowest BCUT2D eigenvalue weighted by atomic mass is 10.1. The monoisotopic (exact) mass is 212 g/mol. The molecular weight excluding hydrogens is 196 g/mol. The van der Waals surface area contributed by atoms with Crippen molar-refractivity contribution in [2.45, 2.75) is 19.4 Å². The maximum absolute atomic E-state index is 11.5. The van der Waals surface area contributed by atoms with E-state index in [0.29, 0.717) is 19.6 Å². The molecule has 5 nitrogen and oxygen atoms in total. The van der Waals surface area contributed by atoms with Crippen LogP contribution in [0.2, 0.25) is 0 Å². The summed E-state index contributed by atoms with van der Waals surface area (Å²) in [5, 5.41) is 11.4. The SMILES string of the molecule is CC=CCN1CCNC(=O)C1CC(=O)O. The average Bonchev–Trinajstić information content (AvgIpc) is 2.18. The summed E-state index contributed by atoms with van der Waals surface area (Å²) in [6, 6.07) is -0.535. The molecule has 1 atom stereocenters. The van der Waals surface area contributed by atoms with Crippen LogP contribution in [0.1, 0.15) is 13.3 Å². The maximum Gasteiger partial charge on any atom is 0.305 e. The number of carbonyl (C=O) groups excluding carboxylic acids is 1. The van der Waals surface area contributed by atoms with Gasteiger partial charge < -0.3 is 10.4 Å². The fourth-order valence-corrected chi connectivity index (χ4v) is 1.61. The van der Waals surface area contributed by atoms with E-state index in [9.17, 15) is 9.59 Å². The Labute approximate surface area is 88.8 Å². The summed E-state index contributed by atoms with van der Waals surface area (Å²) in [4.78, 5) is 24.0. The molecule has 0 saturated carbocycles. The molecule has 1 aliphatic rings. The van der Waals surface area contributed by atoms with Crippen LogP contribution in [0.15, 0.2) is 12.2 Å². The van der Waals surface area contributed by atoms with E-state index in [1.165, 1.54) is 0 Å². The first-order valence-corrected chi connectivity index (χ1v) is 5.00. The predicted octanol–water partition coefficient (Wildman–Crippen LogP) is -0.162. The van der Waals surface area contributed by atoms with Crippen LogP contribution >= 0.6 is 0 Å². The van der Waals surface area contributed by atoms with Crippen molar-refractivity contribution in [3.05, 3.63) is 12.2 Å². The van der Waals surface area contributed by atoms with E-state index in [4.69, 9.17) is 5.11 Å². The highest BCUT2D eigenvalue weighted by Crippen LogP contribution is 2.08. The highest BCUT2D eigenvalue weighted by atomic mass is 16.4. The topological polar surface area (TPSA) is 69.6 Å². The van der Waals surface area contributed by atoms with Crippen LogP contribution in [0.25, 0.3) is 0 Å². The molecule has 5 heteroatoms. The number of hydrogen-bond acceptors (Lipinski definition) is 3. The van der Waals surface area contributed by atoms with E-state index in [0.717, 1.165) is 0 Å². The Kier molecular flexibility index (Phi) is 4.30. The van der Waals surface area contributed by atoms with Gasteiger partial charge in [-0.1, -0.05) is 12.2 Å². The Hall–Kier alpha value is -1.36. The standard InChI is InChI=1S/C10H16N2O3/c1-2-3-5-12-6-4-11-10(15)8(12)7-9(13)14/h2-3,8H,4-7H2,1H3,(H,11,15)(H,13,14). The number of carbonyl (C=O) groups is 2. The molecule has 1 fully saturated rings. The van der Waals surface area contributed by atoms with Gasteiger partial charge >= 0.3 is 5.97 Å². The van der Waals surface area contributed by atoms with E-state index < -0.39 is 12.0 Å². The molecule has 0 aromatic carbocycles. The number of carboxylic acid groups (broad SMARTS) is 1. The molecule has 0 aromatic rings. The van der Waals surface area contributed by atoms with Gasteiger partial charge in [-0.3, -0.25) is 14.5 Å². The third-order valence-electron chi connectivity index (χ3n) is 2.39. The quantitative estimate of drug-likeness (QED) is 0.635. The summed E-state index contributed by atoms with van der Waals surface area (Å²) in [7, 11) is 0. The van der Waals surface area contributed by atoms with Crippen LogP contribution in [0.5, 0.6) is 0 Å². The lowest BCUT2D eigenvalue weighted by molar-refractivity contribution is -0.142. The highest BCUT2D eigenvalue weighted by Gasteiger charge is 2.30. The number of aliphatic carboxylic acids is 1. The number of nitrogens with one attached hydrogen (secondary N) is 1. The van der Waals surface area contributed by atoms with Gasteiger partial charge in [0.25, 0.3) is 0 Å². The minimum Gasteiger partial charge on any atom is -0.481 e. The van der Waals surface area contributed by atoms with Gasteiger partial charge in [0.2, 0.25) is 5.91 Å². The Morgan fingerprint density at radius 2 is 2.47 bits per heavy atom. The summed E-state index contributed by atoms with van der Waals surface area (Å²) < 4.78 is 0. The van der Waals surface area contributed by atoms with Gasteiger partial charge in [0.05, 0.1) is 12.5 Å². The Morgan fingerprint density at radius 3 is 3.07 bits per heavy atom. The zero-order valence-corrected chi connectivity index (χ0v) is 8.77. The fourth-order valence-electron chi connectivity index (χ4n) is 1.61. The Bertz CT molecular complexity index is 276. The number of piperazine rings is 1. The minimum atomic E-state index is -0.942. The third-order valence-corrected chi connectivity index (χ3v) is 2.39. The molecule has 15 heavy (non-hydrogen) atoms. The number of hydrogen-bond donors (Lipinski definition) is 2. The first kappa shape index (κ1) is 11.7. The summed E-state index contributed by atoms with van der Waals surface area (Å²) in [5.41, 5.74) is 0. The average molecular weight is 212 g/mol. The largest absolute Gasteiger partial charge is 0.481 e. The smallest absolute Gasteiger partial charge is 0.305 e. The lowest BCUT2D eigenvalue weighted by Crippen LogP contribution is -2.55. The van der Waals surface area contributed by atoms with Crippen LogP contribution in [0.3, 0.4) is 0 Å². The van der Waals surface area contributed by atoms with Crippen molar-refractivity contribution < 1.29 is 14.7 Å². The predicted molar refractivity (Wildman–Crippen MR) is 55.4 cm³/mol. The Morgan fingerprint density at radius 1 is 1.73 bits per heavy atom. The summed E-state index contributed by atoms with van der Waals surface area (Å²) in [6.45, 7) is 3.82. The molecule has 84 valence electrons. The summed E-state index contributed by atoms with van der Waals surface area (Å²) in [5.74, 6) is -1.13.